The number of furan rings is 1. The van der Waals surface area contributed by atoms with Crippen molar-refractivity contribution >= 4 is 33.4 Å². The predicted octanol–water partition coefficient (Wildman–Crippen LogP) is 2.19. The first kappa shape index (κ1) is 25.8. The maximum absolute atomic E-state index is 13.0. The molecule has 1 atom stereocenters. The Hall–Kier alpha value is -3.80. The number of likely N-dealkylation sites (N-methyl/N-ethyl adjacent to an activating group) is 1. The minimum Gasteiger partial charge on any atom is -0.505 e. The van der Waals surface area contributed by atoms with Crippen molar-refractivity contribution in [3.8, 4) is 5.75 Å². The van der Waals surface area contributed by atoms with E-state index in [4.69, 9.17) is 4.42 Å². The highest BCUT2D eigenvalue weighted by atomic mass is 32.2. The summed E-state index contributed by atoms with van der Waals surface area (Å²) in [6.07, 6.45) is 0.487. The zero-order valence-corrected chi connectivity index (χ0v) is 21.2. The maximum atomic E-state index is 13.0. The number of amidine groups is 1. The number of rotatable bonds is 7. The van der Waals surface area contributed by atoms with E-state index in [2.05, 4.69) is 15.0 Å². The van der Waals surface area contributed by atoms with E-state index in [1.807, 2.05) is 6.92 Å². The lowest BCUT2D eigenvalue weighted by Gasteiger charge is -2.17. The number of para-hydroxylation sites is 1. The second kappa shape index (κ2) is 9.82. The third-order valence-corrected chi connectivity index (χ3v) is 6.64. The molecule has 2 heterocycles. The fraction of sp³-hybridized carbons (Fsp3) is 0.348. The molecule has 0 radical (unpaired) electrons. The molecule has 0 spiro atoms. The van der Waals surface area contributed by atoms with Crippen LogP contribution in [-0.2, 0) is 14.8 Å². The number of carbonyl (C=O) groups excluding carboxylic acids is 2. The number of aromatic hydroxyl groups is 1. The Morgan fingerprint density at radius 3 is 2.31 bits per heavy atom. The summed E-state index contributed by atoms with van der Waals surface area (Å²) in [7, 11) is 1.65. The molecule has 0 fully saturated rings. The minimum absolute atomic E-state index is 0.00545. The lowest BCUT2D eigenvalue weighted by molar-refractivity contribution is -0.124. The summed E-state index contributed by atoms with van der Waals surface area (Å²) in [5.41, 5.74) is -0.105. The zero-order valence-electron chi connectivity index (χ0n) is 20.4. The van der Waals surface area contributed by atoms with Crippen LogP contribution in [-0.4, -0.2) is 69.2 Å². The molecular weight excluding hydrogens is 474 g/mol. The summed E-state index contributed by atoms with van der Waals surface area (Å²) in [6, 6.07) is 7.42. The van der Waals surface area contributed by atoms with Gasteiger partial charge in [-0.2, -0.15) is 0 Å². The van der Waals surface area contributed by atoms with E-state index in [0.717, 1.165) is 4.90 Å². The summed E-state index contributed by atoms with van der Waals surface area (Å²) in [5.74, 6) is -0.533. The Balaban J connectivity index is 2.18. The largest absolute Gasteiger partial charge is 0.505 e. The Morgan fingerprint density at radius 1 is 1.11 bits per heavy atom. The predicted molar refractivity (Wildman–Crippen MR) is 131 cm³/mol. The molecule has 3 N–H and O–H groups in total. The average Bonchev–Trinajstić information content (AvgIpc) is 3.32. The van der Waals surface area contributed by atoms with Crippen molar-refractivity contribution in [3.63, 3.8) is 0 Å². The molecule has 1 aliphatic heterocycles. The molecule has 35 heavy (non-hydrogen) atoms. The van der Waals surface area contributed by atoms with Crippen LogP contribution in [0, 0.1) is 6.92 Å². The smallest absolute Gasteiger partial charge is 0.270 e. The van der Waals surface area contributed by atoms with Crippen molar-refractivity contribution in [3.05, 3.63) is 58.0 Å². The summed E-state index contributed by atoms with van der Waals surface area (Å²) in [4.78, 5) is 31.8. The number of carbonyl (C=O) groups is 2. The minimum atomic E-state index is -4.28. The number of aliphatic imine (C=N–C) groups is 1. The van der Waals surface area contributed by atoms with E-state index < -0.39 is 38.5 Å². The molecule has 0 saturated carbocycles. The van der Waals surface area contributed by atoms with E-state index in [1.165, 1.54) is 51.3 Å². The van der Waals surface area contributed by atoms with Crippen molar-refractivity contribution in [2.45, 2.75) is 26.3 Å². The third-order valence-electron chi connectivity index (χ3n) is 5.26. The van der Waals surface area contributed by atoms with Gasteiger partial charge in [0.25, 0.3) is 21.8 Å². The van der Waals surface area contributed by atoms with E-state index >= 15 is 0 Å². The molecular formula is C23H29N5O6S. The van der Waals surface area contributed by atoms with E-state index in [-0.39, 0.29) is 22.8 Å². The number of sulfonamides is 1. The molecule has 1 unspecified atom stereocenters. The van der Waals surface area contributed by atoms with Gasteiger partial charge in [-0.15, -0.1) is 0 Å². The number of phenolic OH excluding ortho intramolecular Hbond substituents is 1. The van der Waals surface area contributed by atoms with Gasteiger partial charge in [0.2, 0.25) is 0 Å². The van der Waals surface area contributed by atoms with Crippen molar-refractivity contribution in [2.75, 3.05) is 33.5 Å². The highest BCUT2D eigenvalue weighted by Crippen LogP contribution is 2.33. The monoisotopic (exact) mass is 503 g/mol. The molecule has 3 rings (SSSR count). The maximum Gasteiger partial charge on any atom is 0.270 e. The van der Waals surface area contributed by atoms with Crippen molar-refractivity contribution in [2.24, 2.45) is 4.99 Å². The van der Waals surface area contributed by atoms with Gasteiger partial charge in [0.05, 0.1) is 11.3 Å². The number of hydrogen-bond acceptors (Lipinski definition) is 8. The normalized spacial score (nSPS) is 16.7. The fourth-order valence-electron chi connectivity index (χ4n) is 3.44. The second-order valence-corrected chi connectivity index (χ2v) is 10.0. The van der Waals surface area contributed by atoms with Crippen LogP contribution in [0.1, 0.15) is 41.3 Å². The molecule has 0 aliphatic carbocycles. The van der Waals surface area contributed by atoms with Crippen LogP contribution in [0.2, 0.25) is 0 Å². The van der Waals surface area contributed by atoms with Gasteiger partial charge >= 0.3 is 0 Å². The number of anilines is 1. The number of hydrogen-bond donors (Lipinski definition) is 3. The fourth-order valence-corrected chi connectivity index (χ4v) is 4.78. The van der Waals surface area contributed by atoms with E-state index in [0.29, 0.717) is 17.9 Å². The topological polar surface area (TPSA) is 145 Å². The van der Waals surface area contributed by atoms with Crippen LogP contribution in [0.15, 0.2) is 50.3 Å². The highest BCUT2D eigenvalue weighted by Gasteiger charge is 2.41. The first-order valence-electron chi connectivity index (χ1n) is 10.8. The zero-order chi connectivity index (χ0) is 26.1. The second-order valence-electron chi connectivity index (χ2n) is 8.39. The highest BCUT2D eigenvalue weighted by molar-refractivity contribution is 7.95. The molecule has 0 bridgehead atoms. The summed E-state index contributed by atoms with van der Waals surface area (Å²) in [5, 5.41) is 13.6. The van der Waals surface area contributed by atoms with Crippen molar-refractivity contribution in [1.82, 2.24) is 14.5 Å². The Kier molecular flexibility index (Phi) is 7.25. The summed E-state index contributed by atoms with van der Waals surface area (Å²) < 4.78 is 34.0. The number of nitrogens with one attached hydrogen (secondary N) is 2. The quantitative estimate of drug-likeness (QED) is 0.491. The number of nitrogens with zero attached hydrogens (tertiary/aromatic N) is 3. The van der Waals surface area contributed by atoms with Gasteiger partial charge < -0.3 is 24.6 Å². The molecule has 2 amide bonds. The third kappa shape index (κ3) is 5.16. The number of benzene rings is 1. The van der Waals surface area contributed by atoms with Crippen LogP contribution >= 0.6 is 0 Å². The van der Waals surface area contributed by atoms with Gasteiger partial charge in [0, 0.05) is 28.2 Å². The summed E-state index contributed by atoms with van der Waals surface area (Å²) >= 11 is 0. The molecule has 0 saturated heterocycles. The number of aryl methyl sites for hydroxylation is 1. The summed E-state index contributed by atoms with van der Waals surface area (Å²) in [6.45, 7) is 3.65. The van der Waals surface area contributed by atoms with E-state index in [1.54, 1.807) is 19.1 Å². The van der Waals surface area contributed by atoms with Crippen LogP contribution in [0.5, 0.6) is 5.75 Å². The molecule has 11 nitrogen and oxygen atoms in total. The van der Waals surface area contributed by atoms with Crippen LogP contribution < -0.4 is 10.0 Å². The van der Waals surface area contributed by atoms with E-state index in [9.17, 15) is 23.1 Å². The van der Waals surface area contributed by atoms with Gasteiger partial charge in [-0.25, -0.2) is 8.42 Å². The van der Waals surface area contributed by atoms with Gasteiger partial charge in [-0.1, -0.05) is 13.0 Å². The van der Waals surface area contributed by atoms with Crippen LogP contribution in [0.3, 0.4) is 0 Å². The van der Waals surface area contributed by atoms with Gasteiger partial charge in [0.15, 0.2) is 16.5 Å². The van der Waals surface area contributed by atoms with Crippen molar-refractivity contribution in [1.29, 1.82) is 0 Å². The van der Waals surface area contributed by atoms with Gasteiger partial charge in [-0.05, 0) is 37.6 Å². The SMILES string of the molecule is CCC(N=C1NS(=O)(=O)C(C(=O)N(C)C)=C1Nc1cccc(C(=O)N(C)C)c1O)c1ccc(C)o1. The first-order chi connectivity index (χ1) is 16.4. The van der Waals surface area contributed by atoms with Gasteiger partial charge in [0.1, 0.15) is 23.3 Å². The number of phenols is 1. The molecule has 2 aromatic rings. The average molecular weight is 504 g/mol. The Bertz CT molecular complexity index is 1320. The molecule has 12 heteroatoms. The first-order valence-corrected chi connectivity index (χ1v) is 12.3. The van der Waals surface area contributed by atoms with Gasteiger partial charge in [-0.3, -0.25) is 19.3 Å². The number of amides is 2. The molecule has 1 aromatic carbocycles. The molecule has 1 aromatic heterocycles. The Labute approximate surface area is 204 Å². The van der Waals surface area contributed by atoms with Crippen LogP contribution in [0.4, 0.5) is 5.69 Å². The standard InChI is InChI=1S/C23H29N5O6S/c1-7-15(17-12-11-13(2)34-17)25-21-18(20(23(31)28(5)6)35(32,33)26-21)24-16-10-8-9-14(19(16)29)22(30)27(3)4/h8-12,15,24,29H,7H2,1-6H3,(H,25,26). The molecule has 188 valence electrons. The lowest BCUT2D eigenvalue weighted by atomic mass is 10.1. The Morgan fingerprint density at radius 2 is 1.77 bits per heavy atom. The lowest BCUT2D eigenvalue weighted by Crippen LogP contribution is -2.30. The van der Waals surface area contributed by atoms with Crippen molar-refractivity contribution < 1.29 is 27.5 Å². The van der Waals surface area contributed by atoms with Crippen LogP contribution in [0.25, 0.3) is 0 Å². The molecule has 1 aliphatic rings.